The summed E-state index contributed by atoms with van der Waals surface area (Å²) in [5.41, 5.74) is -0.300. The number of pyridine rings is 2. The van der Waals surface area contributed by atoms with Gasteiger partial charge in [0, 0.05) is 23.8 Å². The summed E-state index contributed by atoms with van der Waals surface area (Å²) in [6.07, 6.45) is -15.4. The summed E-state index contributed by atoms with van der Waals surface area (Å²) in [5.74, 6) is -22.2. The summed E-state index contributed by atoms with van der Waals surface area (Å²) < 4.78 is 264. The third kappa shape index (κ3) is 14.2. The van der Waals surface area contributed by atoms with Crippen molar-refractivity contribution in [3.8, 4) is 46.0 Å². The number of nitrogens with zero attached hydrogens (tertiary/aromatic N) is 2. The lowest BCUT2D eigenvalue weighted by Gasteiger charge is -2.18. The number of rotatable bonds is 16. The molecule has 0 aliphatic carbocycles. The van der Waals surface area contributed by atoms with Gasteiger partial charge < -0.3 is 49.5 Å². The van der Waals surface area contributed by atoms with E-state index in [9.17, 15) is 71.9 Å². The molecular formula is C47H33F14N5O11. The van der Waals surface area contributed by atoms with E-state index in [-0.39, 0.29) is 33.9 Å². The number of carbonyl (C=O) groups is 4. The molecule has 0 radical (unpaired) electrons. The van der Waals surface area contributed by atoms with E-state index >= 15 is 8.78 Å². The van der Waals surface area contributed by atoms with Crippen LogP contribution in [0, 0.1) is 37.1 Å². The van der Waals surface area contributed by atoms with E-state index < -0.39 is 155 Å². The smallest absolute Gasteiger partial charge is 0.490 e. The number of aromatic nitrogens is 2. The van der Waals surface area contributed by atoms with Crippen LogP contribution in [0.2, 0.25) is 0 Å². The fourth-order valence-electron chi connectivity index (χ4n) is 6.15. The highest BCUT2D eigenvalue weighted by Gasteiger charge is 2.36. The van der Waals surface area contributed by atoms with E-state index in [0.717, 1.165) is 31.6 Å². The number of amides is 3. The van der Waals surface area contributed by atoms with Gasteiger partial charge in [-0.3, -0.25) is 19.4 Å². The van der Waals surface area contributed by atoms with E-state index in [1.54, 1.807) is 0 Å². The van der Waals surface area contributed by atoms with Gasteiger partial charge in [0.25, 0.3) is 30.6 Å². The molecule has 0 unspecified atom stereocenters. The van der Waals surface area contributed by atoms with Crippen LogP contribution in [0.3, 0.4) is 0 Å². The molecule has 0 aliphatic heterocycles. The predicted octanol–water partition coefficient (Wildman–Crippen LogP) is 12.0. The van der Waals surface area contributed by atoms with E-state index in [2.05, 4.69) is 44.3 Å². The summed E-state index contributed by atoms with van der Waals surface area (Å²) in [6.45, 7) is 2.82. The van der Waals surface area contributed by atoms with Crippen molar-refractivity contribution in [3.63, 3.8) is 0 Å². The number of halogens is 14. The molecule has 410 valence electrons. The van der Waals surface area contributed by atoms with Gasteiger partial charge in [0.1, 0.15) is 45.6 Å². The molecule has 6 aromatic rings. The first-order chi connectivity index (χ1) is 38.3. The standard InChI is InChI=1S/C24H17F7N2O6.C23H16F7N3O5/c1-10-9-32-13(23(35)37-3)8-12(10)33-22(34)17-14(5-4-11(18(17)25)21(27)28)38-16-7-6-15(39-24(29,30)31)19(26)20(16)36-2;1-9-8-32-12(21(31)34)7-11(9)33-22(35)16-13(4-3-10(17(16)24)20(26)27)37-15-6-5-14(38-23(28,29)30)18(25)19(15)36-2/h4-9,21H,1-3H3,(H,32,33,34);3-8,20H,1-2H3,(H2,31,34)(H,32,33,35)/i2*2D3. The molecule has 77 heavy (non-hydrogen) atoms. The molecule has 4 N–H and O–H groups in total. The summed E-state index contributed by atoms with van der Waals surface area (Å²) in [7, 11) is -5.87. The molecule has 0 saturated heterocycles. The lowest BCUT2D eigenvalue weighted by molar-refractivity contribution is -0.276. The molecule has 6 rings (SSSR count). The van der Waals surface area contributed by atoms with Crippen LogP contribution < -0.4 is 44.8 Å². The molecule has 2 aromatic heterocycles. The average Bonchev–Trinajstić information content (AvgIpc) is 3.54. The van der Waals surface area contributed by atoms with Crippen molar-refractivity contribution in [2.45, 2.75) is 39.4 Å². The Bertz CT molecular complexity index is 3470. The quantitative estimate of drug-likeness (QED) is 0.0609. The average molecular weight is 1120 g/mol. The van der Waals surface area contributed by atoms with E-state index in [4.69, 9.17) is 23.4 Å². The number of alkyl halides is 10. The van der Waals surface area contributed by atoms with Crippen LogP contribution in [0.5, 0.6) is 46.0 Å². The van der Waals surface area contributed by atoms with Gasteiger partial charge >= 0.3 is 18.7 Å². The Balaban J connectivity index is 0.000000304. The maximum Gasteiger partial charge on any atom is 0.573 e. The molecular weight excluding hydrogens is 1080 g/mol. The second-order valence-corrected chi connectivity index (χ2v) is 14.7. The van der Waals surface area contributed by atoms with Crippen molar-refractivity contribution in [2.75, 3.05) is 31.8 Å². The second-order valence-electron chi connectivity index (χ2n) is 14.7. The van der Waals surface area contributed by atoms with Gasteiger partial charge in [-0.25, -0.2) is 36.1 Å². The summed E-state index contributed by atoms with van der Waals surface area (Å²) >= 11 is 0. The third-order valence-corrected chi connectivity index (χ3v) is 9.69. The van der Waals surface area contributed by atoms with E-state index in [1.165, 1.54) is 13.8 Å². The monoisotopic (exact) mass is 1120 g/mol. The van der Waals surface area contributed by atoms with Crippen molar-refractivity contribution in [3.05, 3.63) is 141 Å². The molecule has 16 nitrogen and oxygen atoms in total. The van der Waals surface area contributed by atoms with Gasteiger partial charge in [0.2, 0.25) is 23.1 Å². The number of nitrogens with one attached hydrogen (secondary N) is 2. The molecule has 2 heterocycles. The second kappa shape index (κ2) is 24.0. The van der Waals surface area contributed by atoms with Gasteiger partial charge in [0.15, 0.2) is 23.0 Å². The predicted molar refractivity (Wildman–Crippen MR) is 236 cm³/mol. The minimum Gasteiger partial charge on any atom is -0.490 e. The zero-order valence-corrected chi connectivity index (χ0v) is 38.3. The third-order valence-electron chi connectivity index (χ3n) is 9.69. The van der Waals surface area contributed by atoms with Crippen LogP contribution in [0.25, 0.3) is 0 Å². The SMILES string of the molecule is [2H]C([2H])([2H])Oc1c(Oc2ccc(C(F)F)c(F)c2C(=O)Nc2cc(C(=O)OC)ncc2C)ccc(OC(F)(F)F)c1F.[2H]C([2H])([2H])Oc1c(Oc2ccc(C(F)F)c(F)c2C(=O)Nc2cc(C(N)=O)ncc2C)ccc(OC(F)(F)F)c1F. The Morgan fingerprint density at radius 3 is 1.29 bits per heavy atom. The van der Waals surface area contributed by atoms with Crippen molar-refractivity contribution in [2.24, 2.45) is 5.73 Å². The van der Waals surface area contributed by atoms with Gasteiger partial charge in [-0.05, 0) is 85.6 Å². The molecule has 4 aromatic carbocycles. The van der Waals surface area contributed by atoms with Crippen molar-refractivity contribution < 1.29 is 122 Å². The molecule has 0 atom stereocenters. The van der Waals surface area contributed by atoms with Crippen molar-refractivity contribution >= 4 is 35.1 Å². The Hall–Kier alpha value is -9.12. The van der Waals surface area contributed by atoms with Gasteiger partial charge in [0.05, 0.1) is 40.5 Å². The Morgan fingerprint density at radius 1 is 0.571 bits per heavy atom. The highest BCUT2D eigenvalue weighted by molar-refractivity contribution is 6.08. The van der Waals surface area contributed by atoms with Crippen LogP contribution in [0.1, 0.15) is 85.0 Å². The Kier molecular flexibility index (Phi) is 15.6. The molecule has 3 amide bonds. The van der Waals surface area contributed by atoms with Crippen molar-refractivity contribution in [1.29, 1.82) is 0 Å². The zero-order chi connectivity index (χ0) is 62.4. The molecule has 0 spiro atoms. The molecule has 0 fully saturated rings. The number of aryl methyl sites for hydroxylation is 2. The first kappa shape index (κ1) is 50.1. The molecule has 0 aliphatic rings. The number of nitrogens with two attached hydrogens (primary N) is 1. The first-order valence-corrected chi connectivity index (χ1v) is 20.3. The van der Waals surface area contributed by atoms with Crippen LogP contribution in [-0.4, -0.2) is 67.6 Å². The summed E-state index contributed by atoms with van der Waals surface area (Å²) in [4.78, 5) is 57.0. The minimum atomic E-state index is -5.40. The molecule has 0 saturated carbocycles. The van der Waals surface area contributed by atoms with Crippen LogP contribution >= 0.6 is 0 Å². The van der Waals surface area contributed by atoms with Crippen LogP contribution in [-0.2, 0) is 4.74 Å². The summed E-state index contributed by atoms with van der Waals surface area (Å²) in [5, 5.41) is 4.35. The number of hydrogen-bond donors (Lipinski definition) is 3. The van der Waals surface area contributed by atoms with E-state index in [1.807, 2.05) is 0 Å². The first-order valence-electron chi connectivity index (χ1n) is 23.3. The number of methoxy groups -OCH3 is 3. The van der Waals surface area contributed by atoms with Gasteiger partial charge in [-0.15, -0.1) is 26.3 Å². The maximum atomic E-state index is 15.3. The lowest BCUT2D eigenvalue weighted by Crippen LogP contribution is -2.19. The largest absolute Gasteiger partial charge is 0.573 e. The fourth-order valence-corrected chi connectivity index (χ4v) is 6.15. The topological polar surface area (TPSA) is 209 Å². The molecule has 0 bridgehead atoms. The number of ether oxygens (including phenoxy) is 7. The summed E-state index contributed by atoms with van der Waals surface area (Å²) in [6, 6.07) is 6.13. The normalized spacial score (nSPS) is 12.8. The number of esters is 1. The number of primary amides is 1. The molecule has 30 heteroatoms. The Labute approximate surface area is 431 Å². The van der Waals surface area contributed by atoms with Crippen molar-refractivity contribution in [1.82, 2.24) is 9.97 Å². The maximum absolute atomic E-state index is 15.3. The highest BCUT2D eigenvalue weighted by Crippen LogP contribution is 2.44. The zero-order valence-electron chi connectivity index (χ0n) is 44.3. The van der Waals surface area contributed by atoms with E-state index in [0.29, 0.717) is 48.5 Å². The lowest BCUT2D eigenvalue weighted by atomic mass is 10.1. The van der Waals surface area contributed by atoms with Gasteiger partial charge in [-0.1, -0.05) is 0 Å². The number of carbonyl (C=O) groups excluding carboxylic acids is 4. The van der Waals surface area contributed by atoms with Crippen LogP contribution in [0.15, 0.2) is 73.1 Å². The van der Waals surface area contributed by atoms with Gasteiger partial charge in [-0.2, -0.15) is 8.78 Å². The fraction of sp³-hybridized carbons (Fsp3) is 0.191. The highest BCUT2D eigenvalue weighted by atomic mass is 19.4. The Morgan fingerprint density at radius 2 is 0.935 bits per heavy atom. The van der Waals surface area contributed by atoms with Crippen LogP contribution in [0.4, 0.5) is 72.8 Å². The number of anilines is 2. The number of benzene rings is 4. The minimum absolute atomic E-state index is 0.144. The number of hydrogen-bond acceptors (Lipinski definition) is 13.